The maximum Gasteiger partial charge on any atom is 0.328 e. The van der Waals surface area contributed by atoms with E-state index in [1.54, 1.807) is 0 Å². The molecule has 0 aromatic heterocycles. The molecule has 0 radical (unpaired) electrons. The van der Waals surface area contributed by atoms with Crippen molar-refractivity contribution in [1.82, 2.24) is 5.32 Å². The van der Waals surface area contributed by atoms with E-state index in [2.05, 4.69) is 11.9 Å². The summed E-state index contributed by atoms with van der Waals surface area (Å²) in [6.07, 6.45) is 11.9. The Balaban J connectivity index is 1.95. The van der Waals surface area contributed by atoms with Crippen LogP contribution in [0.3, 0.4) is 0 Å². The minimum atomic E-state index is -0.625. The highest BCUT2D eigenvalue weighted by Crippen LogP contribution is 2.12. The van der Waals surface area contributed by atoms with E-state index in [1.807, 2.05) is 6.08 Å². The number of aliphatic hydroxyl groups excluding tert-OH is 1. The van der Waals surface area contributed by atoms with Crippen LogP contribution >= 0.6 is 0 Å². The van der Waals surface area contributed by atoms with Crippen LogP contribution in [-0.4, -0.2) is 35.7 Å². The highest BCUT2D eigenvalue weighted by molar-refractivity contribution is 5.85. The van der Waals surface area contributed by atoms with Crippen LogP contribution in [0, 0.1) is 0 Å². The first-order valence-electron chi connectivity index (χ1n) is 8.88. The van der Waals surface area contributed by atoms with Gasteiger partial charge in [-0.3, -0.25) is 4.79 Å². The number of cyclic esters (lactones) is 1. The topological polar surface area (TPSA) is 75.6 Å². The summed E-state index contributed by atoms with van der Waals surface area (Å²) in [5, 5.41) is 12.5. The van der Waals surface area contributed by atoms with Gasteiger partial charge in [-0.1, -0.05) is 44.6 Å². The number of hydrogen-bond donors (Lipinski definition) is 2. The lowest BCUT2D eigenvalue weighted by atomic mass is 10.0. The molecule has 0 aliphatic carbocycles. The number of hydrogen-bond acceptors (Lipinski definition) is 4. The molecule has 1 aliphatic heterocycles. The fourth-order valence-electron chi connectivity index (χ4n) is 2.75. The Morgan fingerprint density at radius 2 is 1.91 bits per heavy atom. The summed E-state index contributed by atoms with van der Waals surface area (Å²) in [6.45, 7) is 4.07. The maximum absolute atomic E-state index is 11.7. The smallest absolute Gasteiger partial charge is 0.328 e. The van der Waals surface area contributed by atoms with Gasteiger partial charge in [-0.05, 0) is 19.3 Å². The molecule has 0 bridgehead atoms. The maximum atomic E-state index is 11.7. The van der Waals surface area contributed by atoms with Crippen molar-refractivity contribution in [3.63, 3.8) is 0 Å². The fourth-order valence-corrected chi connectivity index (χ4v) is 2.75. The predicted molar refractivity (Wildman–Crippen MR) is 89.9 cm³/mol. The largest absolute Gasteiger partial charge is 0.464 e. The van der Waals surface area contributed by atoms with E-state index in [-0.39, 0.29) is 18.3 Å². The second-order valence-corrected chi connectivity index (χ2v) is 6.28. The molecule has 2 atom stereocenters. The molecule has 0 aromatic carbocycles. The standard InChI is InChI=1S/C18H31NO4/c1-2-3-4-5-6-7-8-9-10-11-15(20)14-17(21)19-16-12-13-23-18(16)22/h2,15-16,20H,1,3-14H2,(H,19,21)/t15?,16-/m0/s1. The minimum Gasteiger partial charge on any atom is -0.464 e. The molecule has 5 heteroatoms. The highest BCUT2D eigenvalue weighted by Gasteiger charge is 2.28. The number of esters is 1. The number of allylic oxidation sites excluding steroid dienone is 1. The van der Waals surface area contributed by atoms with Gasteiger partial charge in [0.25, 0.3) is 0 Å². The van der Waals surface area contributed by atoms with Crippen LogP contribution in [0.4, 0.5) is 0 Å². The van der Waals surface area contributed by atoms with Crippen LogP contribution < -0.4 is 5.32 Å². The van der Waals surface area contributed by atoms with E-state index in [0.717, 1.165) is 19.3 Å². The van der Waals surface area contributed by atoms with Gasteiger partial charge in [-0.25, -0.2) is 4.79 Å². The Labute approximate surface area is 139 Å². The summed E-state index contributed by atoms with van der Waals surface area (Å²) in [5.41, 5.74) is 0. The van der Waals surface area contributed by atoms with Gasteiger partial charge < -0.3 is 15.2 Å². The van der Waals surface area contributed by atoms with Gasteiger partial charge in [-0.2, -0.15) is 0 Å². The predicted octanol–water partition coefficient (Wildman–Crippen LogP) is 2.87. The molecule has 132 valence electrons. The zero-order valence-electron chi connectivity index (χ0n) is 14.1. The monoisotopic (exact) mass is 325 g/mol. The first-order valence-corrected chi connectivity index (χ1v) is 8.88. The van der Waals surface area contributed by atoms with Crippen LogP contribution in [0.1, 0.15) is 70.6 Å². The molecule has 1 heterocycles. The van der Waals surface area contributed by atoms with Gasteiger partial charge >= 0.3 is 5.97 Å². The van der Waals surface area contributed by atoms with E-state index in [9.17, 15) is 14.7 Å². The second-order valence-electron chi connectivity index (χ2n) is 6.28. The first-order chi connectivity index (χ1) is 11.1. The van der Waals surface area contributed by atoms with E-state index < -0.39 is 12.1 Å². The molecular weight excluding hydrogens is 294 g/mol. The van der Waals surface area contributed by atoms with Crippen molar-refractivity contribution in [1.29, 1.82) is 0 Å². The summed E-state index contributed by atoms with van der Waals surface area (Å²) >= 11 is 0. The van der Waals surface area contributed by atoms with E-state index in [4.69, 9.17) is 4.74 Å². The van der Waals surface area contributed by atoms with Crippen LogP contribution in [0.2, 0.25) is 0 Å². The number of carbonyl (C=O) groups is 2. The zero-order valence-corrected chi connectivity index (χ0v) is 14.1. The van der Waals surface area contributed by atoms with Crippen molar-refractivity contribution in [2.45, 2.75) is 82.8 Å². The van der Waals surface area contributed by atoms with E-state index in [0.29, 0.717) is 19.4 Å². The number of rotatable bonds is 13. The molecule has 1 rings (SSSR count). The van der Waals surface area contributed by atoms with Crippen molar-refractivity contribution in [2.75, 3.05) is 6.61 Å². The van der Waals surface area contributed by atoms with Crippen molar-refractivity contribution in [3.8, 4) is 0 Å². The Morgan fingerprint density at radius 1 is 1.26 bits per heavy atom. The summed E-state index contributed by atoms with van der Waals surface area (Å²) in [4.78, 5) is 23.0. The molecule has 2 N–H and O–H groups in total. The van der Waals surface area contributed by atoms with Crippen molar-refractivity contribution >= 4 is 11.9 Å². The molecule has 1 saturated heterocycles. The van der Waals surface area contributed by atoms with Crippen LogP contribution in [0.15, 0.2) is 12.7 Å². The highest BCUT2D eigenvalue weighted by atomic mass is 16.5. The number of unbranched alkanes of at least 4 members (excludes halogenated alkanes) is 7. The van der Waals surface area contributed by atoms with E-state index in [1.165, 1.54) is 32.1 Å². The molecule has 0 spiro atoms. The number of amides is 1. The molecule has 0 saturated carbocycles. The Bertz CT molecular complexity index is 370. The number of ether oxygens (including phenoxy) is 1. The third-order valence-electron chi connectivity index (χ3n) is 4.14. The van der Waals surface area contributed by atoms with Crippen LogP contribution in [-0.2, 0) is 14.3 Å². The fraction of sp³-hybridized carbons (Fsp3) is 0.778. The lowest BCUT2D eigenvalue weighted by Crippen LogP contribution is -2.39. The Morgan fingerprint density at radius 3 is 2.52 bits per heavy atom. The van der Waals surface area contributed by atoms with Crippen molar-refractivity contribution in [3.05, 3.63) is 12.7 Å². The first kappa shape index (κ1) is 19.7. The summed E-state index contributed by atoms with van der Waals surface area (Å²) in [5.74, 6) is -0.649. The zero-order chi connectivity index (χ0) is 16.9. The van der Waals surface area contributed by atoms with Gasteiger partial charge in [0.2, 0.25) is 5.91 Å². The van der Waals surface area contributed by atoms with Gasteiger partial charge in [0, 0.05) is 6.42 Å². The van der Waals surface area contributed by atoms with Gasteiger partial charge in [0.05, 0.1) is 19.1 Å². The third-order valence-corrected chi connectivity index (χ3v) is 4.14. The van der Waals surface area contributed by atoms with Crippen LogP contribution in [0.25, 0.3) is 0 Å². The number of aliphatic hydroxyl groups is 1. The third kappa shape index (κ3) is 9.39. The average molecular weight is 325 g/mol. The molecule has 1 fully saturated rings. The number of carbonyl (C=O) groups excluding carboxylic acids is 2. The summed E-state index contributed by atoms with van der Waals surface area (Å²) in [6, 6.07) is -0.532. The normalized spacial score (nSPS) is 18.5. The lowest BCUT2D eigenvalue weighted by molar-refractivity contribution is -0.141. The second kappa shape index (κ2) is 12.1. The van der Waals surface area contributed by atoms with Crippen molar-refractivity contribution in [2.24, 2.45) is 0 Å². The summed E-state index contributed by atoms with van der Waals surface area (Å²) < 4.78 is 4.78. The van der Waals surface area contributed by atoms with Gasteiger partial charge in [0.1, 0.15) is 6.04 Å². The lowest BCUT2D eigenvalue weighted by Gasteiger charge is -2.12. The molecule has 1 unspecified atom stereocenters. The molecule has 23 heavy (non-hydrogen) atoms. The average Bonchev–Trinajstić information content (AvgIpc) is 2.90. The Hall–Kier alpha value is -1.36. The van der Waals surface area contributed by atoms with Crippen LogP contribution in [0.5, 0.6) is 0 Å². The summed E-state index contributed by atoms with van der Waals surface area (Å²) in [7, 11) is 0. The molecule has 1 amide bonds. The SMILES string of the molecule is C=CCCCCCCCCCC(O)CC(=O)N[C@H]1CCOC1=O. The quantitative estimate of drug-likeness (QED) is 0.310. The van der Waals surface area contributed by atoms with Crippen molar-refractivity contribution < 1.29 is 19.4 Å². The molecular formula is C18H31NO4. The molecule has 5 nitrogen and oxygen atoms in total. The Kier molecular flexibility index (Phi) is 10.4. The number of nitrogens with one attached hydrogen (secondary N) is 1. The van der Waals surface area contributed by atoms with Gasteiger partial charge in [0.15, 0.2) is 0 Å². The molecule has 1 aliphatic rings. The van der Waals surface area contributed by atoms with Gasteiger partial charge in [-0.15, -0.1) is 6.58 Å². The minimum absolute atomic E-state index is 0.0608. The van der Waals surface area contributed by atoms with E-state index >= 15 is 0 Å². The molecule has 0 aromatic rings.